The third-order valence-electron chi connectivity index (χ3n) is 3.35. The standard InChI is InChI=1S/C16H8BrCl3FN5O2/c17-8-5-7(1-2-11(8)21)23-14(22)13-15(26-28-25-13)24-16(27)12-9(19)3-6(18)4-10(12)20/h1-5H,(H2,22,23)(H,24,26,27). The van der Waals surface area contributed by atoms with Gasteiger partial charge in [0.25, 0.3) is 5.91 Å². The Morgan fingerprint density at radius 3 is 2.50 bits per heavy atom. The number of aromatic nitrogens is 2. The number of amides is 1. The highest BCUT2D eigenvalue weighted by molar-refractivity contribution is 9.10. The highest BCUT2D eigenvalue weighted by Crippen LogP contribution is 2.30. The van der Waals surface area contributed by atoms with Gasteiger partial charge in [0.05, 0.1) is 25.8 Å². The minimum absolute atomic E-state index is 0.0142. The number of carbonyl (C=O) groups excluding carboxylic acids is 1. The van der Waals surface area contributed by atoms with Gasteiger partial charge in [0.2, 0.25) is 5.82 Å². The lowest BCUT2D eigenvalue weighted by atomic mass is 10.2. The van der Waals surface area contributed by atoms with Gasteiger partial charge in [0.15, 0.2) is 11.5 Å². The molecule has 0 atom stereocenters. The van der Waals surface area contributed by atoms with Gasteiger partial charge in [0, 0.05) is 5.02 Å². The number of benzene rings is 2. The van der Waals surface area contributed by atoms with Crippen LogP contribution in [0.2, 0.25) is 15.1 Å². The van der Waals surface area contributed by atoms with Crippen LogP contribution in [-0.2, 0) is 0 Å². The van der Waals surface area contributed by atoms with Gasteiger partial charge < -0.3 is 11.1 Å². The normalized spacial score (nSPS) is 11.5. The molecule has 1 heterocycles. The summed E-state index contributed by atoms with van der Waals surface area (Å²) in [5, 5.41) is 10.0. The van der Waals surface area contributed by atoms with Crippen LogP contribution >= 0.6 is 50.7 Å². The minimum atomic E-state index is -0.680. The van der Waals surface area contributed by atoms with Crippen LogP contribution in [0.3, 0.4) is 0 Å². The highest BCUT2D eigenvalue weighted by Gasteiger charge is 2.21. The summed E-state index contributed by atoms with van der Waals surface area (Å²) in [6.45, 7) is 0. The lowest BCUT2D eigenvalue weighted by molar-refractivity contribution is 0.102. The second-order valence-corrected chi connectivity index (χ2v) is 7.36. The molecule has 0 aliphatic heterocycles. The quantitative estimate of drug-likeness (QED) is 0.372. The van der Waals surface area contributed by atoms with Crippen LogP contribution in [0, 0.1) is 5.82 Å². The molecule has 0 aliphatic carbocycles. The maximum atomic E-state index is 13.3. The van der Waals surface area contributed by atoms with Crippen LogP contribution < -0.4 is 11.1 Å². The summed E-state index contributed by atoms with van der Waals surface area (Å²) in [7, 11) is 0. The van der Waals surface area contributed by atoms with Crippen molar-refractivity contribution >= 4 is 74.0 Å². The van der Waals surface area contributed by atoms with E-state index < -0.39 is 11.7 Å². The molecule has 3 rings (SSSR count). The van der Waals surface area contributed by atoms with Crippen molar-refractivity contribution in [3.63, 3.8) is 0 Å². The average Bonchev–Trinajstić information content (AvgIpc) is 3.05. The summed E-state index contributed by atoms with van der Waals surface area (Å²) in [5.41, 5.74) is 6.21. The van der Waals surface area contributed by atoms with Gasteiger partial charge in [-0.05, 0) is 56.6 Å². The van der Waals surface area contributed by atoms with Crippen molar-refractivity contribution in [2.24, 2.45) is 10.7 Å². The number of anilines is 1. The van der Waals surface area contributed by atoms with E-state index in [1.165, 1.54) is 30.3 Å². The number of aliphatic imine (C=N–C) groups is 1. The smallest absolute Gasteiger partial charge is 0.260 e. The molecule has 0 spiro atoms. The topological polar surface area (TPSA) is 106 Å². The molecule has 0 unspecified atom stereocenters. The highest BCUT2D eigenvalue weighted by atomic mass is 79.9. The molecular weight excluding hydrogens is 499 g/mol. The first-order valence-corrected chi connectivity index (χ1v) is 9.27. The molecule has 0 saturated carbocycles. The first-order valence-electron chi connectivity index (χ1n) is 7.34. The maximum absolute atomic E-state index is 13.3. The van der Waals surface area contributed by atoms with Crippen molar-refractivity contribution in [1.82, 2.24) is 10.3 Å². The number of nitrogens with zero attached hydrogens (tertiary/aromatic N) is 3. The molecule has 1 amide bonds. The number of rotatable bonds is 4. The maximum Gasteiger partial charge on any atom is 0.260 e. The van der Waals surface area contributed by atoms with Crippen molar-refractivity contribution in [1.29, 1.82) is 0 Å². The van der Waals surface area contributed by atoms with E-state index in [1.54, 1.807) is 0 Å². The van der Waals surface area contributed by atoms with Gasteiger partial charge in [-0.2, -0.15) is 0 Å². The second-order valence-electron chi connectivity index (χ2n) is 5.26. The number of nitrogens with one attached hydrogen (secondary N) is 1. The second kappa shape index (κ2) is 8.44. The van der Waals surface area contributed by atoms with E-state index in [4.69, 9.17) is 40.5 Å². The van der Waals surface area contributed by atoms with Crippen molar-refractivity contribution in [3.05, 3.63) is 66.9 Å². The van der Waals surface area contributed by atoms with E-state index in [0.717, 1.165) is 0 Å². The Morgan fingerprint density at radius 1 is 1.18 bits per heavy atom. The van der Waals surface area contributed by atoms with Crippen molar-refractivity contribution < 1.29 is 13.8 Å². The number of carbonyl (C=O) groups is 1. The van der Waals surface area contributed by atoms with Gasteiger partial charge in [0.1, 0.15) is 5.82 Å². The van der Waals surface area contributed by atoms with Crippen molar-refractivity contribution in [2.45, 2.75) is 0 Å². The van der Waals surface area contributed by atoms with E-state index in [0.29, 0.717) is 5.69 Å². The van der Waals surface area contributed by atoms with E-state index in [9.17, 15) is 9.18 Å². The summed E-state index contributed by atoms with van der Waals surface area (Å²) < 4.78 is 18.2. The average molecular weight is 508 g/mol. The fourth-order valence-corrected chi connectivity index (χ4v) is 3.47. The number of hydrogen-bond donors (Lipinski definition) is 2. The summed E-state index contributed by atoms with van der Waals surface area (Å²) in [5.74, 6) is -1.36. The zero-order valence-electron chi connectivity index (χ0n) is 13.5. The minimum Gasteiger partial charge on any atom is -0.382 e. The lowest BCUT2D eigenvalue weighted by Gasteiger charge is -2.07. The number of nitrogens with two attached hydrogens (primary N) is 1. The molecule has 12 heteroatoms. The predicted molar refractivity (Wildman–Crippen MR) is 108 cm³/mol. The molecular formula is C16H8BrCl3FN5O2. The monoisotopic (exact) mass is 505 g/mol. The summed E-state index contributed by atoms with van der Waals surface area (Å²) >= 11 is 21.0. The Kier molecular flexibility index (Phi) is 6.19. The molecule has 3 N–H and O–H groups in total. The molecule has 0 aliphatic rings. The molecule has 0 radical (unpaired) electrons. The number of hydrogen-bond acceptors (Lipinski definition) is 5. The summed E-state index contributed by atoms with van der Waals surface area (Å²) in [6.07, 6.45) is 0. The molecule has 1 aromatic heterocycles. The summed E-state index contributed by atoms with van der Waals surface area (Å²) in [4.78, 5) is 16.6. The number of halogens is 5. The Bertz CT molecular complexity index is 1080. The Labute approximate surface area is 180 Å². The molecule has 0 saturated heterocycles. The first-order chi connectivity index (χ1) is 13.3. The van der Waals surface area contributed by atoms with Crippen LogP contribution in [0.4, 0.5) is 15.9 Å². The largest absolute Gasteiger partial charge is 0.382 e. The predicted octanol–water partition coefficient (Wildman–Crippen LogP) is 5.22. The molecule has 28 heavy (non-hydrogen) atoms. The number of amidine groups is 1. The third-order valence-corrected chi connectivity index (χ3v) is 4.77. The van der Waals surface area contributed by atoms with E-state index in [2.05, 4.69) is 41.2 Å². The van der Waals surface area contributed by atoms with E-state index in [1.807, 2.05) is 0 Å². The van der Waals surface area contributed by atoms with E-state index >= 15 is 0 Å². The fourth-order valence-electron chi connectivity index (χ4n) is 2.11. The SMILES string of the molecule is NC(=Nc1ccc(F)c(Br)c1)c1nonc1NC(=O)c1c(Cl)cc(Cl)cc1Cl. The van der Waals surface area contributed by atoms with Crippen molar-refractivity contribution in [2.75, 3.05) is 5.32 Å². The van der Waals surface area contributed by atoms with E-state index in [-0.39, 0.29) is 42.5 Å². The first kappa shape index (κ1) is 20.5. The van der Waals surface area contributed by atoms with Gasteiger partial charge >= 0.3 is 0 Å². The molecule has 3 aromatic rings. The zero-order chi connectivity index (χ0) is 20.4. The van der Waals surface area contributed by atoms with Crippen molar-refractivity contribution in [3.8, 4) is 0 Å². The van der Waals surface area contributed by atoms with Gasteiger partial charge in [-0.25, -0.2) is 14.0 Å². The molecule has 0 fully saturated rings. The van der Waals surface area contributed by atoms with Gasteiger partial charge in [-0.3, -0.25) is 4.79 Å². The Morgan fingerprint density at radius 2 is 1.86 bits per heavy atom. The van der Waals surface area contributed by atoms with Gasteiger partial charge in [-0.1, -0.05) is 34.8 Å². The van der Waals surface area contributed by atoms with Crippen LogP contribution in [0.5, 0.6) is 0 Å². The molecule has 144 valence electrons. The lowest BCUT2D eigenvalue weighted by Crippen LogP contribution is -2.19. The van der Waals surface area contributed by atoms with Crippen LogP contribution in [-0.4, -0.2) is 22.1 Å². The zero-order valence-corrected chi connectivity index (χ0v) is 17.4. The Balaban J connectivity index is 1.89. The molecule has 0 bridgehead atoms. The Hall–Kier alpha value is -2.20. The third kappa shape index (κ3) is 4.44. The van der Waals surface area contributed by atoms with Gasteiger partial charge in [-0.15, -0.1) is 0 Å². The van der Waals surface area contributed by atoms with Crippen LogP contribution in [0.15, 0.2) is 44.4 Å². The van der Waals surface area contributed by atoms with Crippen LogP contribution in [0.25, 0.3) is 0 Å². The fraction of sp³-hybridized carbons (Fsp3) is 0. The molecule has 7 nitrogen and oxygen atoms in total. The van der Waals surface area contributed by atoms with Crippen LogP contribution in [0.1, 0.15) is 16.1 Å². The summed E-state index contributed by atoms with van der Waals surface area (Å²) in [6, 6.07) is 6.78. The molecule has 2 aromatic carbocycles.